The van der Waals surface area contributed by atoms with Gasteiger partial charge in [0.2, 0.25) is 5.91 Å². The lowest BCUT2D eigenvalue weighted by molar-refractivity contribution is -0.122. The van der Waals surface area contributed by atoms with Crippen LogP contribution in [0.25, 0.3) is 10.2 Å². The van der Waals surface area contributed by atoms with Gasteiger partial charge < -0.3 is 10.1 Å². The van der Waals surface area contributed by atoms with Crippen molar-refractivity contribution in [2.75, 3.05) is 13.7 Å². The topological polar surface area (TPSA) is 73.2 Å². The van der Waals surface area contributed by atoms with E-state index in [0.29, 0.717) is 12.0 Å². The maximum Gasteiger partial charge on any atom is 0.262 e. The van der Waals surface area contributed by atoms with Gasteiger partial charge in [0, 0.05) is 18.0 Å². The number of fused-ring (bicyclic) bond motifs is 3. The quantitative estimate of drug-likeness (QED) is 0.898. The van der Waals surface area contributed by atoms with Gasteiger partial charge in [-0.25, -0.2) is 4.98 Å². The molecular formula is C16H21N3O3S. The van der Waals surface area contributed by atoms with Gasteiger partial charge in [-0.2, -0.15) is 0 Å². The molecule has 0 radical (unpaired) electrons. The first-order valence-corrected chi connectivity index (χ1v) is 8.69. The van der Waals surface area contributed by atoms with Crippen molar-refractivity contribution >= 4 is 27.5 Å². The van der Waals surface area contributed by atoms with Gasteiger partial charge in [0.05, 0.1) is 18.3 Å². The first kappa shape index (κ1) is 16.1. The Morgan fingerprint density at radius 3 is 3.04 bits per heavy atom. The van der Waals surface area contributed by atoms with Gasteiger partial charge in [0.25, 0.3) is 5.56 Å². The van der Waals surface area contributed by atoms with E-state index in [1.807, 2.05) is 6.92 Å². The van der Waals surface area contributed by atoms with E-state index in [2.05, 4.69) is 10.3 Å². The molecule has 124 valence electrons. The fourth-order valence-electron chi connectivity index (χ4n) is 3.06. The van der Waals surface area contributed by atoms with E-state index in [0.717, 1.165) is 29.7 Å². The average Bonchev–Trinajstić information content (AvgIpc) is 2.89. The Morgan fingerprint density at radius 1 is 1.48 bits per heavy atom. The summed E-state index contributed by atoms with van der Waals surface area (Å²) in [4.78, 5) is 31.3. The van der Waals surface area contributed by atoms with E-state index in [9.17, 15) is 9.59 Å². The van der Waals surface area contributed by atoms with Crippen LogP contribution in [0.5, 0.6) is 0 Å². The molecule has 3 rings (SSSR count). The molecule has 0 aliphatic heterocycles. The molecule has 0 bridgehead atoms. The zero-order valence-electron chi connectivity index (χ0n) is 13.4. The molecule has 2 aromatic heterocycles. The van der Waals surface area contributed by atoms with Crippen molar-refractivity contribution in [3.05, 3.63) is 27.1 Å². The van der Waals surface area contributed by atoms with E-state index >= 15 is 0 Å². The van der Waals surface area contributed by atoms with Gasteiger partial charge in [-0.05, 0) is 38.2 Å². The SMILES string of the molecule is COC[C@@H](C)NC(=O)Cn1cnc2sc3c(c2c1=O)CCCC3. The number of nitrogens with zero attached hydrogens (tertiary/aromatic N) is 2. The Hall–Kier alpha value is -1.73. The van der Waals surface area contributed by atoms with Gasteiger partial charge >= 0.3 is 0 Å². The van der Waals surface area contributed by atoms with Crippen LogP contribution in [0.1, 0.15) is 30.2 Å². The number of nitrogens with one attached hydrogen (secondary N) is 1. The monoisotopic (exact) mass is 335 g/mol. The largest absolute Gasteiger partial charge is 0.383 e. The Balaban J connectivity index is 1.86. The Morgan fingerprint density at radius 2 is 2.26 bits per heavy atom. The molecule has 1 atom stereocenters. The fraction of sp³-hybridized carbons (Fsp3) is 0.562. The minimum absolute atomic E-state index is 0.0134. The highest BCUT2D eigenvalue weighted by molar-refractivity contribution is 7.18. The summed E-state index contributed by atoms with van der Waals surface area (Å²) >= 11 is 1.62. The second kappa shape index (κ2) is 6.80. The standard InChI is InChI=1S/C16H21N3O3S/c1-10(8-22-2)18-13(20)7-19-9-17-15-14(16(19)21)11-5-3-4-6-12(11)23-15/h9-10H,3-8H2,1-2H3,(H,18,20)/t10-/m1/s1. The molecular weight excluding hydrogens is 314 g/mol. The molecule has 1 amide bonds. The Kier molecular flexibility index (Phi) is 4.77. The molecule has 0 aromatic carbocycles. The van der Waals surface area contributed by atoms with Crippen LogP contribution in [0.15, 0.2) is 11.1 Å². The molecule has 7 heteroatoms. The van der Waals surface area contributed by atoms with Crippen molar-refractivity contribution in [3.8, 4) is 0 Å². The minimum Gasteiger partial charge on any atom is -0.383 e. The number of amides is 1. The maximum absolute atomic E-state index is 12.7. The van der Waals surface area contributed by atoms with Gasteiger partial charge in [0.1, 0.15) is 11.4 Å². The van der Waals surface area contributed by atoms with Crippen LogP contribution in [0.2, 0.25) is 0 Å². The summed E-state index contributed by atoms with van der Waals surface area (Å²) in [6, 6.07) is -0.0891. The van der Waals surface area contributed by atoms with Crippen molar-refractivity contribution in [3.63, 3.8) is 0 Å². The lowest BCUT2D eigenvalue weighted by Crippen LogP contribution is -2.39. The Bertz CT molecular complexity index is 781. The number of carbonyl (C=O) groups excluding carboxylic acids is 1. The number of rotatable bonds is 5. The van der Waals surface area contributed by atoms with E-state index in [1.54, 1.807) is 18.4 Å². The third-order valence-electron chi connectivity index (χ3n) is 4.08. The number of aromatic nitrogens is 2. The minimum atomic E-state index is -0.207. The molecule has 1 N–H and O–H groups in total. The molecule has 1 aliphatic carbocycles. The van der Waals surface area contributed by atoms with Crippen LogP contribution in [0.3, 0.4) is 0 Å². The molecule has 0 fully saturated rings. The third-order valence-corrected chi connectivity index (χ3v) is 5.28. The predicted octanol–water partition coefficient (Wildman–Crippen LogP) is 1.49. The molecule has 23 heavy (non-hydrogen) atoms. The highest BCUT2D eigenvalue weighted by Gasteiger charge is 2.20. The van der Waals surface area contributed by atoms with E-state index in [-0.39, 0.29) is 24.1 Å². The zero-order chi connectivity index (χ0) is 16.4. The lowest BCUT2D eigenvalue weighted by Gasteiger charge is -2.13. The van der Waals surface area contributed by atoms with Gasteiger partial charge in [-0.15, -0.1) is 11.3 Å². The van der Waals surface area contributed by atoms with Crippen molar-refractivity contribution in [2.24, 2.45) is 0 Å². The van der Waals surface area contributed by atoms with Crippen LogP contribution < -0.4 is 10.9 Å². The number of hydrogen-bond acceptors (Lipinski definition) is 5. The Labute approximate surface area is 138 Å². The van der Waals surface area contributed by atoms with Crippen LogP contribution in [-0.2, 0) is 28.9 Å². The van der Waals surface area contributed by atoms with Crippen molar-refractivity contribution in [1.29, 1.82) is 0 Å². The average molecular weight is 335 g/mol. The first-order valence-electron chi connectivity index (χ1n) is 7.88. The highest BCUT2D eigenvalue weighted by atomic mass is 32.1. The zero-order valence-corrected chi connectivity index (χ0v) is 14.2. The highest BCUT2D eigenvalue weighted by Crippen LogP contribution is 2.33. The molecule has 1 aliphatic rings. The summed E-state index contributed by atoms with van der Waals surface area (Å²) in [6.45, 7) is 2.29. The third kappa shape index (κ3) is 3.30. The molecule has 0 saturated heterocycles. The summed E-state index contributed by atoms with van der Waals surface area (Å²) in [5.41, 5.74) is 1.04. The molecule has 0 unspecified atom stereocenters. The molecule has 6 nitrogen and oxygen atoms in total. The smallest absolute Gasteiger partial charge is 0.262 e. The number of carbonyl (C=O) groups is 1. The second-order valence-corrected chi connectivity index (χ2v) is 7.08. The summed E-state index contributed by atoms with van der Waals surface area (Å²) in [5, 5.41) is 3.52. The second-order valence-electron chi connectivity index (χ2n) is 5.99. The first-order chi connectivity index (χ1) is 11.1. The number of hydrogen-bond donors (Lipinski definition) is 1. The van der Waals surface area contributed by atoms with E-state index in [4.69, 9.17) is 4.74 Å². The van der Waals surface area contributed by atoms with Crippen LogP contribution >= 0.6 is 11.3 Å². The predicted molar refractivity (Wildman–Crippen MR) is 90.0 cm³/mol. The summed E-state index contributed by atoms with van der Waals surface area (Å²) < 4.78 is 6.40. The van der Waals surface area contributed by atoms with Crippen LogP contribution in [0, 0.1) is 0 Å². The number of methoxy groups -OCH3 is 1. The molecule has 2 heterocycles. The maximum atomic E-state index is 12.7. The van der Waals surface area contributed by atoms with Gasteiger partial charge in [0.15, 0.2) is 0 Å². The van der Waals surface area contributed by atoms with Crippen molar-refractivity contribution in [2.45, 2.75) is 45.2 Å². The lowest BCUT2D eigenvalue weighted by atomic mass is 9.97. The van der Waals surface area contributed by atoms with Crippen molar-refractivity contribution in [1.82, 2.24) is 14.9 Å². The van der Waals surface area contributed by atoms with Crippen LogP contribution in [0.4, 0.5) is 0 Å². The van der Waals surface area contributed by atoms with Crippen molar-refractivity contribution < 1.29 is 9.53 Å². The number of aryl methyl sites for hydroxylation is 2. The van der Waals surface area contributed by atoms with E-state index in [1.165, 1.54) is 22.2 Å². The molecule has 2 aromatic rings. The fourth-order valence-corrected chi connectivity index (χ4v) is 4.28. The normalized spacial score (nSPS) is 15.4. The van der Waals surface area contributed by atoms with Crippen LogP contribution in [-0.4, -0.2) is 35.2 Å². The van der Waals surface area contributed by atoms with Gasteiger partial charge in [-0.3, -0.25) is 14.2 Å². The molecule has 0 saturated carbocycles. The van der Waals surface area contributed by atoms with Gasteiger partial charge in [-0.1, -0.05) is 0 Å². The number of thiophene rings is 1. The summed E-state index contributed by atoms with van der Waals surface area (Å²) in [7, 11) is 1.59. The van der Waals surface area contributed by atoms with E-state index < -0.39 is 0 Å². The molecule has 0 spiro atoms. The number of ether oxygens (including phenoxy) is 1. The summed E-state index contributed by atoms with van der Waals surface area (Å²) in [6.07, 6.45) is 5.74. The summed E-state index contributed by atoms with van der Waals surface area (Å²) in [5.74, 6) is -0.207.